The Kier molecular flexibility index (Phi) is 8.02. The van der Waals surface area contributed by atoms with Gasteiger partial charge in [0, 0.05) is 5.69 Å². The Morgan fingerprint density at radius 2 is 1.81 bits per heavy atom. The molecule has 0 bridgehead atoms. The number of amides is 1. The highest BCUT2D eigenvalue weighted by Gasteiger charge is 2.42. The first-order valence-corrected chi connectivity index (χ1v) is 11.8. The van der Waals surface area contributed by atoms with Crippen LogP contribution in [0.2, 0.25) is 0 Å². The van der Waals surface area contributed by atoms with Crippen molar-refractivity contribution < 1.29 is 22.7 Å². The van der Waals surface area contributed by atoms with E-state index >= 15 is 0 Å². The van der Waals surface area contributed by atoms with Crippen molar-refractivity contribution in [2.45, 2.75) is 19.5 Å². The molecule has 1 N–H and O–H groups in total. The molecule has 166 valence electrons. The van der Waals surface area contributed by atoms with Crippen LogP contribution in [0.1, 0.15) is 30.0 Å². The minimum Gasteiger partial charge on any atom is -0.492 e. The van der Waals surface area contributed by atoms with Crippen LogP contribution in [-0.2, 0) is 11.0 Å². The second kappa shape index (κ2) is 10.3. The summed E-state index contributed by atoms with van der Waals surface area (Å²) in [6, 6.07) is 13.0. The quantitative estimate of drug-likeness (QED) is 0.534. The number of nitrogens with one attached hydrogen (secondary N) is 1. The van der Waals surface area contributed by atoms with Gasteiger partial charge in [-0.25, -0.2) is 0 Å². The summed E-state index contributed by atoms with van der Waals surface area (Å²) in [5.74, 6) is -0.0127. The molecule has 1 amide bonds. The van der Waals surface area contributed by atoms with Gasteiger partial charge in [-0.15, -0.1) is 0 Å². The molecule has 0 fully saturated rings. The molecule has 2 atom stereocenters. The van der Waals surface area contributed by atoms with Crippen LogP contribution >= 0.6 is 7.55 Å². The number of alkyl halides is 3. The fourth-order valence-corrected chi connectivity index (χ4v) is 4.63. The van der Waals surface area contributed by atoms with E-state index in [1.165, 1.54) is 12.1 Å². The number of nitriles is 2. The fourth-order valence-electron chi connectivity index (χ4n) is 3.14. The lowest BCUT2D eigenvalue weighted by Gasteiger charge is -2.28. The molecular formula is C23H22F3N3O2P+. The summed E-state index contributed by atoms with van der Waals surface area (Å²) < 4.78 is 45.7. The zero-order valence-electron chi connectivity index (χ0n) is 17.7. The predicted octanol–water partition coefficient (Wildman–Crippen LogP) is 5.41. The van der Waals surface area contributed by atoms with Crippen molar-refractivity contribution in [3.8, 4) is 17.9 Å². The smallest absolute Gasteiger partial charge is 0.417 e. The molecule has 0 aliphatic carbocycles. The number of carbonyl (C=O) groups excluding carboxylic acids is 1. The summed E-state index contributed by atoms with van der Waals surface area (Å²) in [4.78, 5) is 13.2. The van der Waals surface area contributed by atoms with Crippen LogP contribution in [0, 0.1) is 28.1 Å². The maximum Gasteiger partial charge on any atom is 0.417 e. The van der Waals surface area contributed by atoms with Crippen molar-refractivity contribution in [2.75, 3.05) is 24.8 Å². The molecule has 0 saturated heterocycles. The minimum absolute atomic E-state index is 0.00810. The maximum atomic E-state index is 13.3. The molecule has 32 heavy (non-hydrogen) atoms. The predicted molar refractivity (Wildman–Crippen MR) is 119 cm³/mol. The average molecular weight is 460 g/mol. The maximum absolute atomic E-state index is 13.3. The molecule has 0 spiro atoms. The van der Waals surface area contributed by atoms with Crippen LogP contribution in [0.25, 0.3) is 0 Å². The largest absolute Gasteiger partial charge is 0.492 e. The van der Waals surface area contributed by atoms with E-state index in [4.69, 9.17) is 15.3 Å². The molecule has 0 saturated carbocycles. The van der Waals surface area contributed by atoms with E-state index in [2.05, 4.69) is 11.6 Å². The highest BCUT2D eigenvalue weighted by Crippen LogP contribution is 2.36. The normalized spacial score (nSPS) is 13.3. The first kappa shape index (κ1) is 24.9. The second-order valence-corrected chi connectivity index (χ2v) is 9.43. The minimum atomic E-state index is -4.72. The number of hydrogen-bond acceptors (Lipinski definition) is 4. The van der Waals surface area contributed by atoms with Crippen molar-refractivity contribution in [3.63, 3.8) is 0 Å². The van der Waals surface area contributed by atoms with Crippen molar-refractivity contribution in [1.82, 2.24) is 0 Å². The van der Waals surface area contributed by atoms with Crippen LogP contribution < -0.4 is 10.1 Å². The monoisotopic (exact) mass is 460 g/mol. The molecule has 0 heterocycles. The summed E-state index contributed by atoms with van der Waals surface area (Å²) >= 11 is 0. The van der Waals surface area contributed by atoms with Crippen molar-refractivity contribution in [2.24, 2.45) is 5.41 Å². The highest BCUT2D eigenvalue weighted by atomic mass is 31.1. The third-order valence-electron chi connectivity index (χ3n) is 4.93. The molecule has 2 aromatic rings. The van der Waals surface area contributed by atoms with Crippen LogP contribution in [-0.4, -0.2) is 31.6 Å². The van der Waals surface area contributed by atoms with Gasteiger partial charge in [-0.2, -0.15) is 23.7 Å². The van der Waals surface area contributed by atoms with Crippen LogP contribution in [0.3, 0.4) is 0 Å². The first-order chi connectivity index (χ1) is 15.0. The number of nitrogens with zero attached hydrogens (tertiary/aromatic N) is 2. The van der Waals surface area contributed by atoms with Gasteiger partial charge in [0.15, 0.2) is 0 Å². The zero-order valence-corrected chi connectivity index (χ0v) is 18.6. The summed E-state index contributed by atoms with van der Waals surface area (Å²) in [7, 11) is -0.779. The third-order valence-corrected chi connectivity index (χ3v) is 6.08. The summed E-state index contributed by atoms with van der Waals surface area (Å²) in [5, 5.41) is 20.4. The standard InChI is InChI=1S/C23H21F3N3O2P/c1-4-22(15-32(2)3,14-31-19-9-5-16(12-27)6-10-19)21(30)29-18-8-7-17(13-28)20(11-18)23(24,25)26/h5-11H,2,4,14-15H2,1,3H3/p+1. The van der Waals surface area contributed by atoms with Gasteiger partial charge in [0.1, 0.15) is 23.9 Å². The topological polar surface area (TPSA) is 85.9 Å². The Bertz CT molecular complexity index is 1090. The van der Waals surface area contributed by atoms with Crippen molar-refractivity contribution >= 4 is 25.4 Å². The van der Waals surface area contributed by atoms with Gasteiger partial charge in [0.25, 0.3) is 0 Å². The van der Waals surface area contributed by atoms with Gasteiger partial charge >= 0.3 is 6.18 Å². The van der Waals surface area contributed by atoms with Crippen molar-refractivity contribution in [3.05, 3.63) is 59.2 Å². The van der Waals surface area contributed by atoms with Crippen LogP contribution in [0.5, 0.6) is 5.75 Å². The van der Waals surface area contributed by atoms with E-state index in [9.17, 15) is 18.0 Å². The molecule has 2 rings (SSSR count). The molecule has 9 heteroatoms. The highest BCUT2D eigenvalue weighted by molar-refractivity contribution is 7.55. The molecule has 2 aromatic carbocycles. The van der Waals surface area contributed by atoms with Gasteiger partial charge in [0.05, 0.1) is 49.3 Å². The Hall–Kier alpha value is -3.35. The number of rotatable bonds is 8. The third kappa shape index (κ3) is 6.09. The van der Waals surface area contributed by atoms with E-state index in [0.717, 1.165) is 12.1 Å². The summed E-state index contributed by atoms with van der Waals surface area (Å²) in [6.45, 7) is 3.70. The number of ether oxygens (including phenoxy) is 1. The first-order valence-electron chi connectivity index (χ1n) is 9.62. The molecule has 0 aliphatic heterocycles. The Morgan fingerprint density at radius 1 is 1.16 bits per heavy atom. The molecule has 0 radical (unpaired) electrons. The molecule has 0 aliphatic rings. The lowest BCUT2D eigenvalue weighted by molar-refractivity contribution is -0.137. The van der Waals surface area contributed by atoms with Gasteiger partial charge in [0.2, 0.25) is 5.91 Å². The van der Waals surface area contributed by atoms with Gasteiger partial charge in [-0.05, 0) is 48.9 Å². The van der Waals surface area contributed by atoms with Crippen LogP contribution in [0.15, 0.2) is 42.5 Å². The Balaban J connectivity index is 2.31. The zero-order chi connectivity index (χ0) is 23.9. The summed E-state index contributed by atoms with van der Waals surface area (Å²) in [5.41, 5.74) is -2.24. The molecule has 0 aromatic heterocycles. The van der Waals surface area contributed by atoms with Crippen molar-refractivity contribution in [1.29, 1.82) is 10.5 Å². The SMILES string of the molecule is C=[P+](C)CC(CC)(COc1ccc(C#N)cc1)C(=O)Nc1ccc(C#N)c(C(F)(F)F)c1. The lowest BCUT2D eigenvalue weighted by atomic mass is 9.87. The lowest BCUT2D eigenvalue weighted by Crippen LogP contribution is -2.43. The Labute approximate surface area is 185 Å². The van der Waals surface area contributed by atoms with Gasteiger partial charge in [-0.1, -0.05) is 6.92 Å². The molecule has 2 unspecified atom stereocenters. The van der Waals surface area contributed by atoms with E-state index in [1.807, 2.05) is 12.7 Å². The number of anilines is 1. The number of halogens is 3. The number of carbonyl (C=O) groups is 1. The van der Waals surface area contributed by atoms with E-state index in [-0.39, 0.29) is 12.3 Å². The van der Waals surface area contributed by atoms with Gasteiger partial charge < -0.3 is 10.1 Å². The summed E-state index contributed by atoms with van der Waals surface area (Å²) in [6.07, 6.45) is 0.0719. The fraction of sp³-hybridized carbons (Fsp3) is 0.304. The molecule has 5 nitrogen and oxygen atoms in total. The van der Waals surface area contributed by atoms with E-state index in [0.29, 0.717) is 23.9 Å². The van der Waals surface area contributed by atoms with Gasteiger partial charge in [-0.3, -0.25) is 4.79 Å². The molecular weight excluding hydrogens is 438 g/mol. The number of hydrogen-bond donors (Lipinski definition) is 1. The Morgan fingerprint density at radius 3 is 2.31 bits per heavy atom. The second-order valence-electron chi connectivity index (χ2n) is 7.40. The van der Waals surface area contributed by atoms with E-state index in [1.54, 1.807) is 31.2 Å². The van der Waals surface area contributed by atoms with Crippen LogP contribution in [0.4, 0.5) is 18.9 Å². The number of benzene rings is 2. The average Bonchev–Trinajstić information content (AvgIpc) is 2.76. The van der Waals surface area contributed by atoms with E-state index < -0.39 is 36.2 Å².